The molecule has 3 nitrogen and oxygen atoms in total. The number of halogens is 3. The molecule has 0 aromatic heterocycles. The first-order valence-electron chi connectivity index (χ1n) is 10.7. The summed E-state index contributed by atoms with van der Waals surface area (Å²) < 4.78 is 0. The van der Waals surface area contributed by atoms with E-state index in [4.69, 9.17) is 34.8 Å². The van der Waals surface area contributed by atoms with Crippen molar-refractivity contribution in [1.29, 1.82) is 0 Å². The lowest BCUT2D eigenvalue weighted by molar-refractivity contribution is 0.182. The Morgan fingerprint density at radius 3 is 2.67 bits per heavy atom. The second-order valence-electron chi connectivity index (χ2n) is 8.20. The quantitative estimate of drug-likeness (QED) is 0.518. The Morgan fingerprint density at radius 1 is 1.10 bits per heavy atom. The molecular weight excluding hydrogens is 437 g/mol. The Kier molecular flexibility index (Phi) is 7.28. The van der Waals surface area contributed by atoms with Crippen LogP contribution in [0.15, 0.2) is 42.5 Å². The molecule has 160 valence electrons. The second kappa shape index (κ2) is 9.93. The topological polar surface area (TPSA) is 27.3 Å². The van der Waals surface area contributed by atoms with Crippen LogP contribution in [0.4, 0.5) is 5.69 Å². The van der Waals surface area contributed by atoms with Crippen molar-refractivity contribution in [3.8, 4) is 0 Å². The summed E-state index contributed by atoms with van der Waals surface area (Å²) in [6.45, 7) is 6.48. The van der Waals surface area contributed by atoms with Crippen molar-refractivity contribution in [2.75, 3.05) is 31.5 Å². The first-order valence-corrected chi connectivity index (χ1v) is 11.8. The lowest BCUT2D eigenvalue weighted by Crippen LogP contribution is -2.47. The van der Waals surface area contributed by atoms with Gasteiger partial charge in [-0.25, -0.2) is 0 Å². The maximum atomic E-state index is 6.51. The summed E-state index contributed by atoms with van der Waals surface area (Å²) in [4.78, 5) is 2.61. The zero-order valence-electron chi connectivity index (χ0n) is 17.2. The third-order valence-electron chi connectivity index (χ3n) is 6.17. The molecule has 2 aliphatic rings. The minimum absolute atomic E-state index is 0.0112. The van der Waals surface area contributed by atoms with Crippen LogP contribution in [0, 0.1) is 0 Å². The molecule has 0 bridgehead atoms. The van der Waals surface area contributed by atoms with E-state index in [-0.39, 0.29) is 6.04 Å². The molecular formula is C24H28Cl3N3. The van der Waals surface area contributed by atoms with Crippen LogP contribution in [0.2, 0.25) is 15.1 Å². The number of benzene rings is 2. The van der Waals surface area contributed by atoms with Crippen molar-refractivity contribution < 1.29 is 0 Å². The molecule has 0 aliphatic carbocycles. The highest BCUT2D eigenvalue weighted by Crippen LogP contribution is 2.34. The normalized spacial score (nSPS) is 21.2. The summed E-state index contributed by atoms with van der Waals surface area (Å²) in [5.41, 5.74) is 4.55. The zero-order chi connectivity index (χ0) is 21.1. The Morgan fingerprint density at radius 2 is 1.97 bits per heavy atom. The van der Waals surface area contributed by atoms with Crippen LogP contribution in [0.1, 0.15) is 43.4 Å². The Bertz CT molecular complexity index is 922. The van der Waals surface area contributed by atoms with E-state index in [2.05, 4.69) is 40.7 Å². The summed E-state index contributed by atoms with van der Waals surface area (Å²) in [7, 11) is 0. The van der Waals surface area contributed by atoms with Gasteiger partial charge in [-0.2, -0.15) is 0 Å². The molecule has 1 fully saturated rings. The Balaban J connectivity index is 1.47. The minimum atomic E-state index is 0.0112. The lowest BCUT2D eigenvalue weighted by atomic mass is 9.96. The third kappa shape index (κ3) is 5.15. The van der Waals surface area contributed by atoms with Crippen LogP contribution >= 0.6 is 34.8 Å². The molecule has 2 aromatic carbocycles. The number of nitrogens with one attached hydrogen (secondary N) is 2. The van der Waals surface area contributed by atoms with E-state index in [1.54, 1.807) is 6.07 Å². The van der Waals surface area contributed by atoms with Crippen molar-refractivity contribution in [3.05, 3.63) is 68.7 Å². The fraction of sp³-hybridized carbons (Fsp3) is 0.417. The molecule has 2 aromatic rings. The summed E-state index contributed by atoms with van der Waals surface area (Å²) >= 11 is 18.9. The first kappa shape index (κ1) is 22.0. The molecule has 2 heterocycles. The lowest BCUT2D eigenvalue weighted by Gasteiger charge is -2.36. The number of rotatable bonds is 5. The van der Waals surface area contributed by atoms with Crippen LogP contribution in [0.5, 0.6) is 0 Å². The molecule has 1 saturated heterocycles. The fourth-order valence-electron chi connectivity index (χ4n) is 4.42. The van der Waals surface area contributed by atoms with Crippen molar-refractivity contribution in [1.82, 2.24) is 10.2 Å². The van der Waals surface area contributed by atoms with E-state index in [1.165, 1.54) is 24.0 Å². The molecule has 0 radical (unpaired) electrons. The molecule has 0 spiro atoms. The SMILES string of the molecule is CC(Nc1cc(C2=CCN([C@H]3CCCNC3)CC2)ccc1Cl)c1ccc(Cl)cc1Cl. The van der Waals surface area contributed by atoms with Gasteiger partial charge in [0.1, 0.15) is 0 Å². The Hall–Kier alpha value is -1.23. The van der Waals surface area contributed by atoms with E-state index in [0.717, 1.165) is 43.9 Å². The van der Waals surface area contributed by atoms with Crippen molar-refractivity contribution in [2.45, 2.75) is 38.3 Å². The average molecular weight is 465 g/mol. The predicted molar refractivity (Wildman–Crippen MR) is 130 cm³/mol. The minimum Gasteiger partial charge on any atom is -0.377 e. The molecule has 0 amide bonds. The summed E-state index contributed by atoms with van der Waals surface area (Å²) in [6.07, 6.45) is 6.02. The van der Waals surface area contributed by atoms with Crippen molar-refractivity contribution in [3.63, 3.8) is 0 Å². The van der Waals surface area contributed by atoms with Crippen LogP contribution in [-0.2, 0) is 0 Å². The summed E-state index contributed by atoms with van der Waals surface area (Å²) in [5.74, 6) is 0. The molecule has 1 unspecified atom stereocenters. The van der Waals surface area contributed by atoms with Crippen molar-refractivity contribution >= 4 is 46.1 Å². The van der Waals surface area contributed by atoms with Gasteiger partial charge in [0.05, 0.1) is 16.8 Å². The van der Waals surface area contributed by atoms with Gasteiger partial charge in [0, 0.05) is 35.7 Å². The molecule has 6 heteroatoms. The molecule has 2 atom stereocenters. The van der Waals surface area contributed by atoms with E-state index in [1.807, 2.05) is 18.2 Å². The van der Waals surface area contributed by atoms with Gasteiger partial charge in [-0.05, 0) is 73.7 Å². The summed E-state index contributed by atoms with van der Waals surface area (Å²) in [6, 6.07) is 12.5. The highest BCUT2D eigenvalue weighted by Gasteiger charge is 2.23. The van der Waals surface area contributed by atoms with E-state index in [0.29, 0.717) is 21.1 Å². The highest BCUT2D eigenvalue weighted by atomic mass is 35.5. The van der Waals surface area contributed by atoms with Crippen LogP contribution in [0.25, 0.3) is 5.57 Å². The average Bonchev–Trinajstić information content (AvgIpc) is 2.76. The zero-order valence-corrected chi connectivity index (χ0v) is 19.5. The summed E-state index contributed by atoms with van der Waals surface area (Å²) in [5, 5.41) is 9.05. The predicted octanol–water partition coefficient (Wildman–Crippen LogP) is 6.66. The molecule has 2 N–H and O–H groups in total. The number of nitrogens with zero attached hydrogens (tertiary/aromatic N) is 1. The van der Waals surface area contributed by atoms with Gasteiger partial charge >= 0.3 is 0 Å². The molecule has 0 saturated carbocycles. The van der Waals surface area contributed by atoms with Crippen molar-refractivity contribution in [2.24, 2.45) is 0 Å². The van der Waals surface area contributed by atoms with Crippen LogP contribution in [0.3, 0.4) is 0 Å². The maximum Gasteiger partial charge on any atom is 0.0638 e. The largest absolute Gasteiger partial charge is 0.377 e. The number of hydrogen-bond acceptors (Lipinski definition) is 3. The monoisotopic (exact) mass is 463 g/mol. The second-order valence-corrected chi connectivity index (χ2v) is 9.45. The Labute approximate surface area is 194 Å². The van der Waals surface area contributed by atoms with Crippen LogP contribution < -0.4 is 10.6 Å². The first-order chi connectivity index (χ1) is 14.5. The third-order valence-corrected chi connectivity index (χ3v) is 7.06. The number of anilines is 1. The highest BCUT2D eigenvalue weighted by molar-refractivity contribution is 6.35. The number of piperidine rings is 1. The van der Waals surface area contributed by atoms with Gasteiger partial charge in [0.25, 0.3) is 0 Å². The van der Waals surface area contributed by atoms with E-state index < -0.39 is 0 Å². The fourth-order valence-corrected chi connectivity index (χ4v) is 5.17. The van der Waals surface area contributed by atoms with E-state index in [9.17, 15) is 0 Å². The van der Waals surface area contributed by atoms with E-state index >= 15 is 0 Å². The van der Waals surface area contributed by atoms with Crippen LogP contribution in [-0.4, -0.2) is 37.1 Å². The standard InChI is InChI=1S/C24H28Cl3N3/c1-16(21-6-5-19(25)14-23(21)27)29-24-13-18(4-7-22(24)26)17-8-11-30(12-9-17)20-3-2-10-28-15-20/h4-8,13-14,16,20,28-29H,2-3,9-12,15H2,1H3/t16?,20-/m0/s1. The smallest absolute Gasteiger partial charge is 0.0638 e. The van der Waals surface area contributed by atoms with Gasteiger partial charge < -0.3 is 10.6 Å². The van der Waals surface area contributed by atoms with Gasteiger partial charge in [0.15, 0.2) is 0 Å². The molecule has 4 rings (SSSR count). The van der Waals surface area contributed by atoms with Gasteiger partial charge in [-0.15, -0.1) is 0 Å². The maximum absolute atomic E-state index is 6.51. The van der Waals surface area contributed by atoms with Gasteiger partial charge in [-0.3, -0.25) is 4.90 Å². The van der Waals surface area contributed by atoms with Gasteiger partial charge in [0.2, 0.25) is 0 Å². The van der Waals surface area contributed by atoms with Gasteiger partial charge in [-0.1, -0.05) is 53.0 Å². The molecule has 2 aliphatic heterocycles. The molecule has 30 heavy (non-hydrogen) atoms. The number of hydrogen-bond donors (Lipinski definition) is 2.